The predicted molar refractivity (Wildman–Crippen MR) is 108 cm³/mol. The maximum absolute atomic E-state index is 4.41. The zero-order valence-electron chi connectivity index (χ0n) is 16.4. The van der Waals surface area contributed by atoms with Crippen molar-refractivity contribution in [3.63, 3.8) is 0 Å². The van der Waals surface area contributed by atoms with Crippen molar-refractivity contribution in [2.24, 2.45) is 5.92 Å². The third kappa shape index (κ3) is 3.90. The number of hydrogen-bond donors (Lipinski definition) is 2. The van der Waals surface area contributed by atoms with Gasteiger partial charge in [0.15, 0.2) is 5.82 Å². The fourth-order valence-electron chi connectivity index (χ4n) is 4.32. The van der Waals surface area contributed by atoms with Crippen molar-refractivity contribution in [1.82, 2.24) is 30.5 Å². The first-order chi connectivity index (χ1) is 13.2. The van der Waals surface area contributed by atoms with Crippen LogP contribution in [0.15, 0.2) is 30.5 Å². The van der Waals surface area contributed by atoms with Gasteiger partial charge in [-0.15, -0.1) is 5.10 Å². The van der Waals surface area contributed by atoms with Crippen LogP contribution in [-0.2, 0) is 6.42 Å². The van der Waals surface area contributed by atoms with Gasteiger partial charge in [0.1, 0.15) is 0 Å². The van der Waals surface area contributed by atoms with Crippen molar-refractivity contribution in [2.75, 3.05) is 6.54 Å². The number of fused-ring (bicyclic) bond motifs is 1. The fourth-order valence-corrected chi connectivity index (χ4v) is 4.32. The second kappa shape index (κ2) is 8.21. The molecule has 2 N–H and O–H groups in total. The Balaban J connectivity index is 1.45. The van der Waals surface area contributed by atoms with Gasteiger partial charge in [0, 0.05) is 17.1 Å². The Morgan fingerprint density at radius 1 is 1.19 bits per heavy atom. The molecule has 4 rings (SSSR count). The molecule has 0 saturated heterocycles. The zero-order valence-corrected chi connectivity index (χ0v) is 16.4. The summed E-state index contributed by atoms with van der Waals surface area (Å²) in [6.07, 6.45) is 9.40. The second-order valence-electron chi connectivity index (χ2n) is 8.06. The molecule has 1 aromatic carbocycles. The number of H-pyrrole nitrogens is 1. The van der Waals surface area contributed by atoms with E-state index in [2.05, 4.69) is 74.8 Å². The average molecular weight is 367 g/mol. The molecule has 3 aromatic rings. The highest BCUT2D eigenvalue weighted by molar-refractivity contribution is 5.83. The molecule has 6 heteroatoms. The van der Waals surface area contributed by atoms with E-state index in [1.165, 1.54) is 48.6 Å². The SMILES string of the molecule is CC(C)C(NCCc1c[nH]c2ccccc12)c1nnnn1C1CCCCC1. The van der Waals surface area contributed by atoms with E-state index in [-0.39, 0.29) is 6.04 Å². The third-order valence-corrected chi connectivity index (χ3v) is 5.82. The van der Waals surface area contributed by atoms with Gasteiger partial charge in [0.05, 0.1) is 12.1 Å². The van der Waals surface area contributed by atoms with Crippen LogP contribution in [-0.4, -0.2) is 31.7 Å². The Labute approximate surface area is 160 Å². The molecule has 144 valence electrons. The van der Waals surface area contributed by atoms with Crippen molar-refractivity contribution in [3.05, 3.63) is 41.9 Å². The summed E-state index contributed by atoms with van der Waals surface area (Å²) in [6.45, 7) is 5.38. The third-order valence-electron chi connectivity index (χ3n) is 5.82. The van der Waals surface area contributed by atoms with E-state index in [1.54, 1.807) is 0 Å². The Bertz CT molecular complexity index is 858. The second-order valence-corrected chi connectivity index (χ2v) is 8.06. The number of para-hydroxylation sites is 1. The highest BCUT2D eigenvalue weighted by Gasteiger charge is 2.26. The van der Waals surface area contributed by atoms with Crippen molar-refractivity contribution >= 4 is 10.9 Å². The molecule has 1 unspecified atom stereocenters. The molecule has 0 bridgehead atoms. The minimum Gasteiger partial charge on any atom is -0.361 e. The van der Waals surface area contributed by atoms with Crippen LogP contribution in [0.5, 0.6) is 0 Å². The summed E-state index contributed by atoms with van der Waals surface area (Å²) in [7, 11) is 0. The quantitative estimate of drug-likeness (QED) is 0.658. The first kappa shape index (κ1) is 18.2. The highest BCUT2D eigenvalue weighted by Crippen LogP contribution is 2.30. The molecule has 2 aromatic heterocycles. The number of aromatic nitrogens is 5. The monoisotopic (exact) mass is 366 g/mol. The van der Waals surface area contributed by atoms with Crippen LogP contribution in [0.4, 0.5) is 0 Å². The molecule has 2 heterocycles. The van der Waals surface area contributed by atoms with E-state index in [4.69, 9.17) is 0 Å². The molecule has 0 radical (unpaired) electrons. The maximum atomic E-state index is 4.41. The van der Waals surface area contributed by atoms with Crippen molar-refractivity contribution in [3.8, 4) is 0 Å². The minimum absolute atomic E-state index is 0.173. The number of tetrazole rings is 1. The first-order valence-electron chi connectivity index (χ1n) is 10.3. The largest absolute Gasteiger partial charge is 0.361 e. The molecule has 0 amide bonds. The van der Waals surface area contributed by atoms with Crippen molar-refractivity contribution in [2.45, 2.75) is 64.5 Å². The molecule has 6 nitrogen and oxygen atoms in total. The normalized spacial score (nSPS) is 17.0. The highest BCUT2D eigenvalue weighted by atomic mass is 15.6. The standard InChI is InChI=1S/C21H30N6/c1-15(2)20(21-24-25-26-27(21)17-8-4-3-5-9-17)22-13-12-16-14-23-19-11-7-6-10-18(16)19/h6-7,10-11,14-15,17,20,22-23H,3-5,8-9,12-13H2,1-2H3. The molecule has 0 spiro atoms. The number of rotatable bonds is 7. The van der Waals surface area contributed by atoms with Gasteiger partial charge in [-0.2, -0.15) is 0 Å². The first-order valence-corrected chi connectivity index (χ1v) is 10.3. The van der Waals surface area contributed by atoms with Gasteiger partial charge >= 0.3 is 0 Å². The van der Waals surface area contributed by atoms with Crippen LogP contribution in [0.2, 0.25) is 0 Å². The molecule has 27 heavy (non-hydrogen) atoms. The van der Waals surface area contributed by atoms with Gasteiger partial charge in [0.25, 0.3) is 0 Å². The molecular formula is C21H30N6. The molecule has 1 fully saturated rings. The van der Waals surface area contributed by atoms with E-state index in [1.807, 2.05) is 0 Å². The molecular weight excluding hydrogens is 336 g/mol. The Hall–Kier alpha value is -2.21. The van der Waals surface area contributed by atoms with Gasteiger partial charge < -0.3 is 10.3 Å². The van der Waals surface area contributed by atoms with Crippen LogP contribution in [0.25, 0.3) is 10.9 Å². The summed E-state index contributed by atoms with van der Waals surface area (Å²) in [4.78, 5) is 3.36. The number of nitrogens with zero attached hydrogens (tertiary/aromatic N) is 4. The number of aromatic amines is 1. The molecule has 1 saturated carbocycles. The molecule has 1 aliphatic carbocycles. The van der Waals surface area contributed by atoms with E-state index in [0.717, 1.165) is 18.8 Å². The van der Waals surface area contributed by atoms with Crippen LogP contribution < -0.4 is 5.32 Å². The van der Waals surface area contributed by atoms with E-state index < -0.39 is 0 Å². The Kier molecular flexibility index (Phi) is 5.53. The number of nitrogens with one attached hydrogen (secondary N) is 2. The Morgan fingerprint density at radius 3 is 2.81 bits per heavy atom. The lowest BCUT2D eigenvalue weighted by Crippen LogP contribution is -2.31. The molecule has 1 aliphatic rings. The van der Waals surface area contributed by atoms with E-state index >= 15 is 0 Å². The average Bonchev–Trinajstić information content (AvgIpc) is 3.33. The zero-order chi connectivity index (χ0) is 18.6. The van der Waals surface area contributed by atoms with Gasteiger partial charge in [-0.05, 0) is 53.8 Å². The van der Waals surface area contributed by atoms with Gasteiger partial charge in [-0.1, -0.05) is 51.3 Å². The predicted octanol–water partition coefficient (Wildman–Crippen LogP) is 4.19. The van der Waals surface area contributed by atoms with Crippen molar-refractivity contribution < 1.29 is 0 Å². The van der Waals surface area contributed by atoms with Crippen LogP contribution in [0, 0.1) is 5.92 Å². The molecule has 0 aliphatic heterocycles. The summed E-state index contributed by atoms with van der Waals surface area (Å²) >= 11 is 0. The summed E-state index contributed by atoms with van der Waals surface area (Å²) < 4.78 is 2.10. The Morgan fingerprint density at radius 2 is 2.00 bits per heavy atom. The lowest BCUT2D eigenvalue weighted by molar-refractivity contribution is 0.293. The smallest absolute Gasteiger partial charge is 0.168 e. The van der Waals surface area contributed by atoms with Crippen LogP contribution >= 0.6 is 0 Å². The summed E-state index contributed by atoms with van der Waals surface area (Å²) in [5.74, 6) is 1.43. The minimum atomic E-state index is 0.173. The van der Waals surface area contributed by atoms with Gasteiger partial charge in [0.2, 0.25) is 0 Å². The summed E-state index contributed by atoms with van der Waals surface area (Å²) in [5.41, 5.74) is 2.56. The number of benzene rings is 1. The van der Waals surface area contributed by atoms with Gasteiger partial charge in [-0.25, -0.2) is 4.68 Å². The molecule has 1 atom stereocenters. The van der Waals surface area contributed by atoms with Crippen LogP contribution in [0.1, 0.15) is 69.4 Å². The van der Waals surface area contributed by atoms with Gasteiger partial charge in [-0.3, -0.25) is 0 Å². The lowest BCUT2D eigenvalue weighted by Gasteiger charge is -2.27. The van der Waals surface area contributed by atoms with E-state index in [9.17, 15) is 0 Å². The fraction of sp³-hybridized carbons (Fsp3) is 0.571. The van der Waals surface area contributed by atoms with Crippen LogP contribution in [0.3, 0.4) is 0 Å². The maximum Gasteiger partial charge on any atom is 0.168 e. The van der Waals surface area contributed by atoms with Crippen molar-refractivity contribution in [1.29, 1.82) is 0 Å². The van der Waals surface area contributed by atoms with E-state index in [0.29, 0.717) is 12.0 Å². The summed E-state index contributed by atoms with van der Waals surface area (Å²) in [5, 5.41) is 17.8. The topological polar surface area (TPSA) is 71.4 Å². The number of hydrogen-bond acceptors (Lipinski definition) is 4. The summed E-state index contributed by atoms with van der Waals surface area (Å²) in [6, 6.07) is 9.11. The lowest BCUT2D eigenvalue weighted by atomic mass is 9.95.